The van der Waals surface area contributed by atoms with E-state index in [1.807, 2.05) is 43.3 Å². The van der Waals surface area contributed by atoms with Gasteiger partial charge in [0.15, 0.2) is 0 Å². The summed E-state index contributed by atoms with van der Waals surface area (Å²) in [5.74, 6) is 6.44. The molecule has 0 fully saturated rings. The highest BCUT2D eigenvalue weighted by Gasteiger charge is 2.18. The summed E-state index contributed by atoms with van der Waals surface area (Å²) in [6.45, 7) is 14.2. The second-order valence-corrected chi connectivity index (χ2v) is 6.48. The molecule has 1 unspecified atom stereocenters. The zero-order valence-electron chi connectivity index (χ0n) is 17.0. The molecule has 0 aliphatic heterocycles. The van der Waals surface area contributed by atoms with Crippen LogP contribution in [0.25, 0.3) is 5.70 Å². The van der Waals surface area contributed by atoms with Crippen LogP contribution in [0.2, 0.25) is 0 Å². The van der Waals surface area contributed by atoms with E-state index in [-0.39, 0.29) is 6.17 Å². The van der Waals surface area contributed by atoms with Crippen LogP contribution in [-0.4, -0.2) is 25.2 Å². The molecule has 2 aromatic rings. The Morgan fingerprint density at radius 1 is 1.04 bits per heavy atom. The molecule has 0 spiro atoms. The summed E-state index contributed by atoms with van der Waals surface area (Å²) < 4.78 is 0. The van der Waals surface area contributed by atoms with Crippen molar-refractivity contribution in [3.63, 3.8) is 0 Å². The molecule has 0 bridgehead atoms. The Morgan fingerprint density at radius 3 is 2.04 bits per heavy atom. The summed E-state index contributed by atoms with van der Waals surface area (Å²) in [7, 11) is 3.82. The number of nitrogens with zero attached hydrogens (tertiary/aromatic N) is 1. The van der Waals surface area contributed by atoms with Crippen LogP contribution in [0.1, 0.15) is 29.2 Å². The van der Waals surface area contributed by atoms with Crippen LogP contribution in [0.3, 0.4) is 0 Å². The monoisotopic (exact) mass is 371 g/mol. The van der Waals surface area contributed by atoms with Gasteiger partial charge in [-0.05, 0) is 48.0 Å². The second-order valence-electron chi connectivity index (χ2n) is 6.48. The molecule has 0 saturated heterocycles. The predicted molar refractivity (Wildman–Crippen MR) is 120 cm³/mol. The zero-order valence-corrected chi connectivity index (χ0v) is 17.0. The number of hydrogen-bond donors (Lipinski definition) is 2. The Hall–Kier alpha value is -3.38. The zero-order chi connectivity index (χ0) is 20.5. The Morgan fingerprint density at radius 2 is 1.57 bits per heavy atom. The van der Waals surface area contributed by atoms with Crippen molar-refractivity contribution in [1.29, 1.82) is 0 Å². The second kappa shape index (κ2) is 10.1. The molecule has 0 amide bonds. The summed E-state index contributed by atoms with van der Waals surface area (Å²) in [6.07, 6.45) is 2.56. The smallest absolute Gasteiger partial charge is 0.139 e. The van der Waals surface area contributed by atoms with E-state index in [2.05, 4.69) is 73.4 Å². The van der Waals surface area contributed by atoms with Gasteiger partial charge in [-0.15, -0.1) is 0 Å². The molecule has 2 aromatic carbocycles. The molecule has 3 nitrogen and oxygen atoms in total. The van der Waals surface area contributed by atoms with E-state index in [0.717, 1.165) is 34.5 Å². The molecule has 3 heteroatoms. The lowest BCUT2D eigenvalue weighted by Crippen LogP contribution is -2.44. The number of aryl methyl sites for hydroxylation is 1. The maximum absolute atomic E-state index is 4.23. The highest BCUT2D eigenvalue weighted by atomic mass is 15.3. The SMILES string of the molecule is C=CNC(C(=C)NC)N(C)C(=C)c1ccc(C#Cc2ccc(CC)cc2)cc1. The van der Waals surface area contributed by atoms with Gasteiger partial charge >= 0.3 is 0 Å². The molecular formula is C25H29N3. The van der Waals surface area contributed by atoms with Crippen molar-refractivity contribution in [3.8, 4) is 11.8 Å². The number of rotatable bonds is 8. The van der Waals surface area contributed by atoms with Gasteiger partial charge in [0.2, 0.25) is 0 Å². The van der Waals surface area contributed by atoms with E-state index >= 15 is 0 Å². The molecule has 0 saturated carbocycles. The van der Waals surface area contributed by atoms with Gasteiger partial charge < -0.3 is 15.5 Å². The topological polar surface area (TPSA) is 27.3 Å². The van der Waals surface area contributed by atoms with Gasteiger partial charge in [-0.1, -0.05) is 62.8 Å². The first-order chi connectivity index (χ1) is 13.5. The lowest BCUT2D eigenvalue weighted by molar-refractivity contribution is 0.349. The number of hydrogen-bond acceptors (Lipinski definition) is 3. The maximum Gasteiger partial charge on any atom is 0.139 e. The first-order valence-electron chi connectivity index (χ1n) is 9.36. The lowest BCUT2D eigenvalue weighted by atomic mass is 10.1. The van der Waals surface area contributed by atoms with Gasteiger partial charge in [-0.25, -0.2) is 0 Å². The van der Waals surface area contributed by atoms with E-state index in [4.69, 9.17) is 0 Å². The van der Waals surface area contributed by atoms with Crippen LogP contribution >= 0.6 is 0 Å². The van der Waals surface area contributed by atoms with E-state index in [1.54, 1.807) is 6.20 Å². The maximum atomic E-state index is 4.23. The average molecular weight is 372 g/mol. The Balaban J connectivity index is 2.12. The van der Waals surface area contributed by atoms with Crippen molar-refractivity contribution >= 4 is 5.70 Å². The van der Waals surface area contributed by atoms with Crippen LogP contribution in [-0.2, 0) is 6.42 Å². The van der Waals surface area contributed by atoms with Crippen molar-refractivity contribution in [1.82, 2.24) is 15.5 Å². The minimum absolute atomic E-state index is 0.138. The third-order valence-electron chi connectivity index (χ3n) is 4.67. The van der Waals surface area contributed by atoms with Gasteiger partial charge in [-0.2, -0.15) is 0 Å². The van der Waals surface area contributed by atoms with Crippen LogP contribution in [0, 0.1) is 11.8 Å². The van der Waals surface area contributed by atoms with Crippen molar-refractivity contribution in [2.75, 3.05) is 14.1 Å². The molecular weight excluding hydrogens is 342 g/mol. The highest BCUT2D eigenvalue weighted by molar-refractivity contribution is 5.63. The van der Waals surface area contributed by atoms with E-state index in [9.17, 15) is 0 Å². The number of likely N-dealkylation sites (N-methyl/N-ethyl adjacent to an activating group) is 2. The van der Waals surface area contributed by atoms with Crippen molar-refractivity contribution in [2.24, 2.45) is 0 Å². The van der Waals surface area contributed by atoms with Gasteiger partial charge in [0, 0.05) is 36.6 Å². The summed E-state index contributed by atoms with van der Waals surface area (Å²) >= 11 is 0. The Kier molecular flexibility index (Phi) is 7.54. The van der Waals surface area contributed by atoms with Gasteiger partial charge in [0.05, 0.1) is 0 Å². The van der Waals surface area contributed by atoms with Gasteiger partial charge in [-0.3, -0.25) is 0 Å². The molecule has 144 valence electrons. The normalized spacial score (nSPS) is 10.8. The summed E-state index contributed by atoms with van der Waals surface area (Å²) in [5.41, 5.74) is 6.06. The fourth-order valence-corrected chi connectivity index (χ4v) is 2.77. The molecule has 0 aromatic heterocycles. The van der Waals surface area contributed by atoms with Crippen LogP contribution in [0.5, 0.6) is 0 Å². The Labute approximate surface area is 169 Å². The lowest BCUT2D eigenvalue weighted by Gasteiger charge is -2.33. The quantitative estimate of drug-likeness (QED) is 0.534. The standard InChI is InChI=1S/C25H29N3/c1-7-21-9-11-22(12-10-21)13-14-23-15-17-24(18-16-23)20(4)28(6)25(27-8-2)19(3)26-5/h8-12,15-18,25-27H,2-4,7H2,1,5-6H3. The molecule has 1 atom stereocenters. The first kappa shape index (κ1) is 20.9. The van der Waals surface area contributed by atoms with E-state index in [0.29, 0.717) is 0 Å². The average Bonchev–Trinajstić information content (AvgIpc) is 2.75. The third kappa shape index (κ3) is 5.31. The fourth-order valence-electron chi connectivity index (χ4n) is 2.77. The van der Waals surface area contributed by atoms with Crippen LogP contribution < -0.4 is 10.6 Å². The Bertz CT molecular complexity index is 880. The molecule has 2 rings (SSSR count). The van der Waals surface area contributed by atoms with Gasteiger partial charge in [0.25, 0.3) is 0 Å². The largest absolute Gasteiger partial charge is 0.389 e. The van der Waals surface area contributed by atoms with Gasteiger partial charge in [0.1, 0.15) is 6.17 Å². The fraction of sp³-hybridized carbons (Fsp3) is 0.200. The van der Waals surface area contributed by atoms with Crippen molar-refractivity contribution in [2.45, 2.75) is 19.5 Å². The summed E-state index contributed by atoms with van der Waals surface area (Å²) in [4.78, 5) is 2.02. The van der Waals surface area contributed by atoms with E-state index < -0.39 is 0 Å². The van der Waals surface area contributed by atoms with Crippen LogP contribution in [0.4, 0.5) is 0 Å². The molecule has 2 N–H and O–H groups in total. The van der Waals surface area contributed by atoms with Crippen LogP contribution in [0.15, 0.2) is 80.2 Å². The molecule has 0 aliphatic rings. The first-order valence-corrected chi connectivity index (χ1v) is 9.36. The summed E-state index contributed by atoms with van der Waals surface area (Å²) in [5, 5.41) is 6.27. The number of nitrogens with one attached hydrogen (secondary N) is 2. The minimum atomic E-state index is -0.138. The summed E-state index contributed by atoms with van der Waals surface area (Å²) in [6, 6.07) is 16.5. The van der Waals surface area contributed by atoms with E-state index in [1.165, 1.54) is 5.56 Å². The molecule has 0 heterocycles. The minimum Gasteiger partial charge on any atom is -0.389 e. The third-order valence-corrected chi connectivity index (χ3v) is 4.67. The molecule has 0 aliphatic carbocycles. The molecule has 28 heavy (non-hydrogen) atoms. The van der Waals surface area contributed by atoms with Crippen molar-refractivity contribution < 1.29 is 0 Å². The highest BCUT2D eigenvalue weighted by Crippen LogP contribution is 2.20. The van der Waals surface area contributed by atoms with Crippen molar-refractivity contribution in [3.05, 3.63) is 102 Å². The molecule has 0 radical (unpaired) electrons. The number of benzene rings is 2. The predicted octanol–water partition coefficient (Wildman–Crippen LogP) is 4.34.